The van der Waals surface area contributed by atoms with Crippen LogP contribution in [0, 0.1) is 0 Å². The first-order valence-corrected chi connectivity index (χ1v) is 33.5. The van der Waals surface area contributed by atoms with Gasteiger partial charge in [-0.15, -0.1) is 22.7 Å². The maximum absolute atomic E-state index is 4.10. The maximum Gasteiger partial charge on any atom is 0.0708 e. The molecular formula is C64H104Br2S2. The Kier molecular flexibility index (Phi) is 29.4. The zero-order chi connectivity index (χ0) is 48.1. The molecule has 2 aliphatic rings. The van der Waals surface area contributed by atoms with Gasteiger partial charge in [0.05, 0.1) is 7.57 Å². The van der Waals surface area contributed by atoms with E-state index in [4.69, 9.17) is 0 Å². The lowest BCUT2D eigenvalue weighted by Gasteiger charge is -2.34. The molecule has 5 rings (SSSR count). The highest BCUT2D eigenvalue weighted by Crippen LogP contribution is 2.64. The van der Waals surface area contributed by atoms with Crippen molar-refractivity contribution in [2.24, 2.45) is 0 Å². The van der Waals surface area contributed by atoms with Gasteiger partial charge in [0.15, 0.2) is 0 Å². The van der Waals surface area contributed by atoms with Crippen LogP contribution in [0.3, 0.4) is 0 Å². The number of benzene rings is 1. The lowest BCUT2D eigenvalue weighted by molar-refractivity contribution is 0.394. The van der Waals surface area contributed by atoms with Gasteiger partial charge in [-0.25, -0.2) is 0 Å². The van der Waals surface area contributed by atoms with Crippen molar-refractivity contribution in [1.29, 1.82) is 0 Å². The summed E-state index contributed by atoms with van der Waals surface area (Å²) in [4.78, 5) is 3.22. The molecule has 0 aliphatic heterocycles. The van der Waals surface area contributed by atoms with Gasteiger partial charge in [0.2, 0.25) is 0 Å². The lowest BCUT2D eigenvalue weighted by Crippen LogP contribution is -2.27. The molecule has 68 heavy (non-hydrogen) atoms. The molecule has 0 fully saturated rings. The largest absolute Gasteiger partial charge is 0.128 e. The molecule has 0 saturated carbocycles. The second-order valence-corrected chi connectivity index (χ2v) is 27.3. The Hall–Kier alpha value is -0.420. The molecule has 0 saturated heterocycles. The minimum absolute atomic E-state index is 0.134. The van der Waals surface area contributed by atoms with E-state index in [9.17, 15) is 0 Å². The molecule has 0 unspecified atom stereocenters. The fraction of sp³-hybridized carbons (Fsp3) is 0.781. The van der Waals surface area contributed by atoms with Crippen molar-refractivity contribution in [3.63, 3.8) is 0 Å². The molecule has 0 amide bonds. The Bertz CT molecular complexity index is 1590. The molecule has 0 spiro atoms. The monoisotopic (exact) mass is 1090 g/mol. The van der Waals surface area contributed by atoms with Crippen LogP contribution < -0.4 is 0 Å². The zero-order valence-corrected chi connectivity index (χ0v) is 49.8. The van der Waals surface area contributed by atoms with Gasteiger partial charge in [0, 0.05) is 20.6 Å². The summed E-state index contributed by atoms with van der Waals surface area (Å²) in [6, 6.07) is 10.9. The van der Waals surface area contributed by atoms with Crippen molar-refractivity contribution in [3.05, 3.63) is 54.1 Å². The normalized spacial score (nSPS) is 14.2. The third-order valence-corrected chi connectivity index (χ3v) is 20.3. The SMILES string of the molecule is CCCCCCCCCCCCC1(CCCCCCCCCCCC)c2cc3c(cc2-c2sc(Br)cc21)C(CCCCCCCCCCCC)(CCCCCCCCCCCC)c1cc(Br)sc1-3. The maximum atomic E-state index is 4.10. The van der Waals surface area contributed by atoms with Gasteiger partial charge in [-0.2, -0.15) is 0 Å². The lowest BCUT2D eigenvalue weighted by atomic mass is 9.68. The summed E-state index contributed by atoms with van der Waals surface area (Å²) in [5.41, 5.74) is 10.3. The highest BCUT2D eigenvalue weighted by molar-refractivity contribution is 9.11. The highest BCUT2D eigenvalue weighted by atomic mass is 79.9. The molecule has 3 aromatic rings. The third-order valence-electron chi connectivity index (χ3n) is 16.9. The molecule has 0 nitrogen and oxygen atoms in total. The van der Waals surface area contributed by atoms with E-state index in [2.05, 4.69) is 106 Å². The van der Waals surface area contributed by atoms with Crippen LogP contribution in [0.5, 0.6) is 0 Å². The fourth-order valence-electron chi connectivity index (χ4n) is 12.9. The standard InChI is InChI=1S/C64H104Br2S2/c1-5-9-13-17-21-25-29-33-37-41-45-63(46-42-38-34-30-26-22-18-14-10-6-2)55-49-54-56(50-53(55)61-57(63)51-59(65)67-61)64(58-52-60(66)68-62(54)58,47-43-39-35-31-27-23-19-15-11-7-3)48-44-40-36-32-28-24-20-16-12-8-4/h49-52H,5-48H2,1-4H3. The van der Waals surface area contributed by atoms with Gasteiger partial charge >= 0.3 is 0 Å². The summed E-state index contributed by atoms with van der Waals surface area (Å²) < 4.78 is 2.68. The Balaban J connectivity index is 1.39. The van der Waals surface area contributed by atoms with Crippen molar-refractivity contribution < 1.29 is 0 Å². The predicted molar refractivity (Wildman–Crippen MR) is 316 cm³/mol. The second-order valence-electron chi connectivity index (χ2n) is 22.4. The van der Waals surface area contributed by atoms with E-state index in [1.807, 2.05) is 0 Å². The van der Waals surface area contributed by atoms with Gasteiger partial charge in [0.1, 0.15) is 0 Å². The quantitative estimate of drug-likeness (QED) is 0.0495. The minimum atomic E-state index is 0.134. The summed E-state index contributed by atoms with van der Waals surface area (Å²) in [5, 5.41) is 0. The predicted octanol–water partition coefficient (Wildman–Crippen LogP) is 25.1. The average molecular weight is 1100 g/mol. The number of thiophene rings is 2. The average Bonchev–Trinajstić information content (AvgIpc) is 4.05. The van der Waals surface area contributed by atoms with E-state index in [0.717, 1.165) is 0 Å². The molecule has 2 aromatic heterocycles. The molecule has 0 N–H and O–H groups in total. The Morgan fingerprint density at radius 2 is 0.485 bits per heavy atom. The van der Waals surface area contributed by atoms with Crippen LogP contribution in [0.4, 0.5) is 0 Å². The van der Waals surface area contributed by atoms with Gasteiger partial charge in [0.25, 0.3) is 0 Å². The fourth-order valence-corrected chi connectivity index (χ4v) is 16.3. The van der Waals surface area contributed by atoms with Gasteiger partial charge in [-0.3, -0.25) is 0 Å². The molecule has 1 aromatic carbocycles. The van der Waals surface area contributed by atoms with Crippen LogP contribution in [0.1, 0.15) is 332 Å². The number of hydrogen-bond acceptors (Lipinski definition) is 2. The summed E-state index contributed by atoms with van der Waals surface area (Å²) in [6.07, 6.45) is 61.6. The topological polar surface area (TPSA) is 0 Å². The Labute approximate surface area is 447 Å². The molecule has 0 bridgehead atoms. The van der Waals surface area contributed by atoms with Crippen LogP contribution in [0.15, 0.2) is 31.8 Å². The van der Waals surface area contributed by atoms with Crippen molar-refractivity contribution >= 4 is 54.5 Å². The molecule has 0 atom stereocenters. The van der Waals surface area contributed by atoms with E-state index < -0.39 is 0 Å². The Morgan fingerprint density at radius 1 is 0.279 bits per heavy atom. The molecule has 2 aliphatic carbocycles. The van der Waals surface area contributed by atoms with E-state index in [1.165, 1.54) is 290 Å². The van der Waals surface area contributed by atoms with Crippen LogP contribution >= 0.6 is 54.5 Å². The van der Waals surface area contributed by atoms with Crippen molar-refractivity contribution in [1.82, 2.24) is 0 Å². The van der Waals surface area contributed by atoms with E-state index in [0.29, 0.717) is 0 Å². The number of rotatable bonds is 44. The third kappa shape index (κ3) is 17.9. The first kappa shape index (κ1) is 58.5. The number of hydrogen-bond donors (Lipinski definition) is 0. The van der Waals surface area contributed by atoms with Crippen LogP contribution in [0.25, 0.3) is 20.9 Å². The number of unbranched alkanes of at least 4 members (excludes halogenated alkanes) is 36. The molecule has 386 valence electrons. The van der Waals surface area contributed by atoms with Gasteiger partial charge < -0.3 is 0 Å². The van der Waals surface area contributed by atoms with Gasteiger partial charge in [-0.05, 0) is 115 Å². The summed E-state index contributed by atoms with van der Waals surface area (Å²) in [7, 11) is 0. The van der Waals surface area contributed by atoms with E-state index in [1.54, 1.807) is 43.1 Å². The Morgan fingerprint density at radius 3 is 0.706 bits per heavy atom. The highest BCUT2D eigenvalue weighted by Gasteiger charge is 2.49. The van der Waals surface area contributed by atoms with E-state index in [-0.39, 0.29) is 10.8 Å². The molecule has 2 heterocycles. The molecular weight excluding hydrogens is 993 g/mol. The summed E-state index contributed by atoms with van der Waals surface area (Å²) >= 11 is 12.3. The van der Waals surface area contributed by atoms with Crippen molar-refractivity contribution in [3.8, 4) is 20.9 Å². The van der Waals surface area contributed by atoms with Crippen molar-refractivity contribution in [2.45, 2.75) is 321 Å². The zero-order valence-electron chi connectivity index (χ0n) is 45.0. The van der Waals surface area contributed by atoms with Crippen LogP contribution in [0.2, 0.25) is 0 Å². The number of fused-ring (bicyclic) bond motifs is 6. The first-order valence-electron chi connectivity index (χ1n) is 30.2. The van der Waals surface area contributed by atoms with Crippen LogP contribution in [-0.2, 0) is 10.8 Å². The van der Waals surface area contributed by atoms with E-state index >= 15 is 0 Å². The van der Waals surface area contributed by atoms with Crippen molar-refractivity contribution in [2.75, 3.05) is 0 Å². The summed E-state index contributed by atoms with van der Waals surface area (Å²) in [5.74, 6) is 0. The number of halogens is 2. The second kappa shape index (κ2) is 34.1. The molecule has 0 radical (unpaired) electrons. The van der Waals surface area contributed by atoms with Gasteiger partial charge in [-0.1, -0.05) is 285 Å². The smallest absolute Gasteiger partial charge is 0.0708 e. The first-order chi connectivity index (χ1) is 33.5. The minimum Gasteiger partial charge on any atom is -0.128 e. The summed E-state index contributed by atoms with van der Waals surface area (Å²) in [6.45, 7) is 9.34. The molecule has 4 heteroatoms. The van der Waals surface area contributed by atoms with Crippen LogP contribution in [-0.4, -0.2) is 0 Å².